The number of hydrogen-bond donors (Lipinski definition) is 1. The molecule has 0 saturated carbocycles. The van der Waals surface area contributed by atoms with E-state index in [4.69, 9.17) is 14.2 Å². The molecule has 3 rings (SSSR count). The van der Waals surface area contributed by atoms with Crippen LogP contribution in [0.3, 0.4) is 0 Å². The van der Waals surface area contributed by atoms with Crippen LogP contribution in [0.1, 0.15) is 15.9 Å². The fourth-order valence-corrected chi connectivity index (χ4v) is 3.18. The fourth-order valence-electron chi connectivity index (χ4n) is 3.18. The van der Waals surface area contributed by atoms with Crippen molar-refractivity contribution >= 4 is 17.6 Å². The number of aliphatic carboxylic acids is 1. The highest BCUT2D eigenvalue weighted by molar-refractivity contribution is 6.11. The predicted molar refractivity (Wildman–Crippen MR) is 94.5 cm³/mol. The molecule has 26 heavy (non-hydrogen) atoms. The van der Waals surface area contributed by atoms with Crippen molar-refractivity contribution in [1.82, 2.24) is 0 Å². The molecule has 7 heteroatoms. The van der Waals surface area contributed by atoms with E-state index in [0.29, 0.717) is 22.9 Å². The average molecular weight is 357 g/mol. The Bertz CT molecular complexity index is 838. The van der Waals surface area contributed by atoms with Gasteiger partial charge in [-0.3, -0.25) is 9.69 Å². The first-order valence-corrected chi connectivity index (χ1v) is 7.96. The molecule has 0 unspecified atom stereocenters. The molecule has 0 fully saturated rings. The molecule has 1 N–H and O–H groups in total. The Morgan fingerprint density at radius 2 is 1.65 bits per heavy atom. The number of amides is 1. The highest BCUT2D eigenvalue weighted by Crippen LogP contribution is 2.40. The molecule has 0 bridgehead atoms. The van der Waals surface area contributed by atoms with Crippen LogP contribution in [0.5, 0.6) is 17.2 Å². The lowest BCUT2D eigenvalue weighted by molar-refractivity contribution is -0.138. The second-order valence-electron chi connectivity index (χ2n) is 5.78. The minimum absolute atomic E-state index is 0.252. The number of carboxylic acids is 1. The van der Waals surface area contributed by atoms with Gasteiger partial charge in [-0.15, -0.1) is 0 Å². The van der Waals surface area contributed by atoms with E-state index < -0.39 is 17.9 Å². The van der Waals surface area contributed by atoms with Gasteiger partial charge in [-0.05, 0) is 23.8 Å². The molecule has 7 nitrogen and oxygen atoms in total. The van der Waals surface area contributed by atoms with Gasteiger partial charge >= 0.3 is 5.97 Å². The van der Waals surface area contributed by atoms with Gasteiger partial charge in [-0.2, -0.15) is 0 Å². The first-order valence-electron chi connectivity index (χ1n) is 7.96. The standard InChI is InChI=1S/C19H19NO6/c1-24-15-9-12(10-16(25-2)17(15)26-3)18(21)20-13-7-5-4-6-11(13)8-14(20)19(22)23/h4-7,9-10,14H,8H2,1-3H3,(H,22,23)/t14-/m1/s1. The van der Waals surface area contributed by atoms with E-state index >= 15 is 0 Å². The molecular formula is C19H19NO6. The largest absolute Gasteiger partial charge is 0.493 e. The summed E-state index contributed by atoms with van der Waals surface area (Å²) >= 11 is 0. The van der Waals surface area contributed by atoms with E-state index in [2.05, 4.69) is 0 Å². The fraction of sp³-hybridized carbons (Fsp3) is 0.263. The van der Waals surface area contributed by atoms with Gasteiger partial charge in [-0.1, -0.05) is 18.2 Å². The average Bonchev–Trinajstić information content (AvgIpc) is 3.06. The first-order chi connectivity index (χ1) is 12.5. The summed E-state index contributed by atoms with van der Waals surface area (Å²) in [4.78, 5) is 26.2. The Hall–Kier alpha value is -3.22. The maximum atomic E-state index is 13.2. The Kier molecular flexibility index (Phi) is 4.71. The van der Waals surface area contributed by atoms with Crippen LogP contribution in [-0.2, 0) is 11.2 Å². The number of hydrogen-bond acceptors (Lipinski definition) is 5. The molecule has 1 aliphatic heterocycles. The predicted octanol–water partition coefficient (Wildman–Crippen LogP) is 2.37. The number of benzene rings is 2. The van der Waals surface area contributed by atoms with Gasteiger partial charge in [0.2, 0.25) is 5.75 Å². The summed E-state index contributed by atoms with van der Waals surface area (Å²) in [5.74, 6) is -0.476. The topological polar surface area (TPSA) is 85.3 Å². The maximum Gasteiger partial charge on any atom is 0.327 e. The number of carbonyl (C=O) groups is 2. The van der Waals surface area contributed by atoms with Crippen molar-refractivity contribution in [2.75, 3.05) is 26.2 Å². The molecule has 2 aromatic carbocycles. The van der Waals surface area contributed by atoms with Crippen molar-refractivity contribution in [3.8, 4) is 17.2 Å². The quantitative estimate of drug-likeness (QED) is 0.884. The number of methoxy groups -OCH3 is 3. The first kappa shape index (κ1) is 17.6. The number of fused-ring (bicyclic) bond motifs is 1. The highest BCUT2D eigenvalue weighted by Gasteiger charge is 2.39. The van der Waals surface area contributed by atoms with Gasteiger partial charge in [0.25, 0.3) is 5.91 Å². The van der Waals surface area contributed by atoms with E-state index in [0.717, 1.165) is 5.56 Å². The zero-order chi connectivity index (χ0) is 18.8. The number of carbonyl (C=O) groups excluding carboxylic acids is 1. The molecule has 2 aromatic rings. The van der Waals surface area contributed by atoms with E-state index in [9.17, 15) is 14.7 Å². The minimum Gasteiger partial charge on any atom is -0.493 e. The summed E-state index contributed by atoms with van der Waals surface area (Å²) < 4.78 is 15.8. The zero-order valence-corrected chi connectivity index (χ0v) is 14.7. The molecule has 0 aliphatic carbocycles. The van der Waals surface area contributed by atoms with Crippen LogP contribution >= 0.6 is 0 Å². The maximum absolute atomic E-state index is 13.2. The molecular weight excluding hydrogens is 338 g/mol. The molecule has 0 radical (unpaired) electrons. The number of anilines is 1. The summed E-state index contributed by atoms with van der Waals surface area (Å²) in [5.41, 5.74) is 1.67. The third kappa shape index (κ3) is 2.81. The second kappa shape index (κ2) is 6.95. The molecule has 136 valence electrons. The van der Waals surface area contributed by atoms with Crippen LogP contribution in [-0.4, -0.2) is 44.4 Å². The lowest BCUT2D eigenvalue weighted by Crippen LogP contribution is -2.42. The van der Waals surface area contributed by atoms with E-state index in [-0.39, 0.29) is 12.0 Å². The lowest BCUT2D eigenvalue weighted by atomic mass is 10.1. The summed E-state index contributed by atoms with van der Waals surface area (Å²) in [5, 5.41) is 9.57. The molecule has 1 heterocycles. The summed E-state index contributed by atoms with van der Waals surface area (Å²) in [6.07, 6.45) is 0.266. The summed E-state index contributed by atoms with van der Waals surface area (Å²) in [6, 6.07) is 9.25. The number of para-hydroxylation sites is 1. The minimum atomic E-state index is -1.05. The van der Waals surface area contributed by atoms with E-state index in [1.165, 1.54) is 38.4 Å². The molecule has 1 atom stereocenters. The number of nitrogens with zero attached hydrogens (tertiary/aromatic N) is 1. The third-order valence-electron chi connectivity index (χ3n) is 4.39. The Morgan fingerprint density at radius 3 is 2.19 bits per heavy atom. The van der Waals surface area contributed by atoms with Crippen molar-refractivity contribution < 1.29 is 28.9 Å². The monoisotopic (exact) mass is 357 g/mol. The lowest BCUT2D eigenvalue weighted by Gasteiger charge is -2.23. The van der Waals surface area contributed by atoms with Crippen molar-refractivity contribution in [1.29, 1.82) is 0 Å². The molecule has 0 spiro atoms. The van der Waals surface area contributed by atoms with Crippen molar-refractivity contribution in [3.63, 3.8) is 0 Å². The zero-order valence-electron chi connectivity index (χ0n) is 14.7. The van der Waals surface area contributed by atoms with E-state index in [1.807, 2.05) is 12.1 Å². The van der Waals surface area contributed by atoms with Gasteiger partial charge in [0, 0.05) is 17.7 Å². The van der Waals surface area contributed by atoms with Crippen LogP contribution in [0.4, 0.5) is 5.69 Å². The van der Waals surface area contributed by atoms with Gasteiger partial charge in [0.05, 0.1) is 21.3 Å². The van der Waals surface area contributed by atoms with Crippen LogP contribution in [0.25, 0.3) is 0 Å². The molecule has 0 aromatic heterocycles. The molecule has 1 amide bonds. The molecule has 1 aliphatic rings. The second-order valence-corrected chi connectivity index (χ2v) is 5.78. The number of carboxylic acid groups (broad SMARTS) is 1. The normalized spacial score (nSPS) is 15.3. The summed E-state index contributed by atoms with van der Waals surface area (Å²) in [6.45, 7) is 0. The van der Waals surface area contributed by atoms with Gasteiger partial charge in [-0.25, -0.2) is 4.79 Å². The van der Waals surface area contributed by atoms with Crippen molar-refractivity contribution in [3.05, 3.63) is 47.5 Å². The highest BCUT2D eigenvalue weighted by atomic mass is 16.5. The Morgan fingerprint density at radius 1 is 1.04 bits per heavy atom. The van der Waals surface area contributed by atoms with Gasteiger partial charge in [0.1, 0.15) is 6.04 Å². The van der Waals surface area contributed by atoms with Gasteiger partial charge in [0.15, 0.2) is 11.5 Å². The number of ether oxygens (including phenoxy) is 3. The van der Waals surface area contributed by atoms with Gasteiger partial charge < -0.3 is 19.3 Å². The van der Waals surface area contributed by atoms with E-state index in [1.54, 1.807) is 12.1 Å². The van der Waals surface area contributed by atoms with Crippen LogP contribution in [0.2, 0.25) is 0 Å². The number of rotatable bonds is 5. The Labute approximate surface area is 150 Å². The smallest absolute Gasteiger partial charge is 0.327 e. The molecule has 0 saturated heterocycles. The Balaban J connectivity index is 2.09. The SMILES string of the molecule is COc1cc(C(=O)N2c3ccccc3C[C@@H]2C(=O)O)cc(OC)c1OC. The van der Waals surface area contributed by atoms with Crippen molar-refractivity contribution in [2.45, 2.75) is 12.5 Å². The van der Waals surface area contributed by atoms with Crippen LogP contribution < -0.4 is 19.1 Å². The third-order valence-corrected chi connectivity index (χ3v) is 4.39. The summed E-state index contributed by atoms with van der Waals surface area (Å²) in [7, 11) is 4.38. The van der Waals surface area contributed by atoms with Crippen molar-refractivity contribution in [2.24, 2.45) is 0 Å². The van der Waals surface area contributed by atoms with Crippen LogP contribution in [0.15, 0.2) is 36.4 Å². The van der Waals surface area contributed by atoms with Crippen LogP contribution in [0, 0.1) is 0 Å².